The smallest absolute Gasteiger partial charge is 0.251 e. The molecule has 0 aromatic heterocycles. The first-order chi connectivity index (χ1) is 12.2. The summed E-state index contributed by atoms with van der Waals surface area (Å²) in [4.78, 5) is 16.6. The Bertz CT molecular complexity index is 515. The zero-order valence-electron chi connectivity index (χ0n) is 15.7. The minimum atomic E-state index is -0.0170. The third kappa shape index (κ3) is 9.10. The molecule has 1 aromatic rings. The maximum atomic E-state index is 12.0. The predicted molar refractivity (Wildman–Crippen MR) is 103 cm³/mol. The molecule has 25 heavy (non-hydrogen) atoms. The maximum absolute atomic E-state index is 12.0. The fourth-order valence-corrected chi connectivity index (χ4v) is 2.18. The van der Waals surface area contributed by atoms with Gasteiger partial charge in [0, 0.05) is 38.9 Å². The molecule has 0 aliphatic heterocycles. The molecule has 0 spiro atoms. The van der Waals surface area contributed by atoms with Gasteiger partial charge >= 0.3 is 0 Å². The van der Waals surface area contributed by atoms with Crippen molar-refractivity contribution >= 4 is 11.9 Å². The van der Waals surface area contributed by atoms with Crippen LogP contribution in [0, 0.1) is 0 Å². The molecule has 0 atom stereocenters. The number of amides is 1. The highest BCUT2D eigenvalue weighted by Crippen LogP contribution is 2.06. The van der Waals surface area contributed by atoms with E-state index in [-0.39, 0.29) is 5.91 Å². The van der Waals surface area contributed by atoms with Gasteiger partial charge in [-0.05, 0) is 37.5 Å². The number of benzene rings is 1. The second-order valence-electron chi connectivity index (χ2n) is 5.77. The Kier molecular flexibility index (Phi) is 11.1. The molecular formula is C19H32N4O2. The Morgan fingerprint density at radius 3 is 2.40 bits per heavy atom. The highest BCUT2D eigenvalue weighted by molar-refractivity contribution is 5.94. The fraction of sp³-hybridized carbons (Fsp3) is 0.579. The van der Waals surface area contributed by atoms with Crippen LogP contribution in [-0.4, -0.2) is 45.2 Å². The number of hydrogen-bond acceptors (Lipinski definition) is 3. The number of rotatable bonds is 11. The molecule has 0 aliphatic rings. The second kappa shape index (κ2) is 13.2. The number of carbonyl (C=O) groups is 1. The summed E-state index contributed by atoms with van der Waals surface area (Å²) in [5, 5.41) is 9.42. The van der Waals surface area contributed by atoms with E-state index >= 15 is 0 Å². The average Bonchev–Trinajstić information content (AvgIpc) is 2.63. The van der Waals surface area contributed by atoms with Crippen LogP contribution in [0.4, 0.5) is 0 Å². The molecular weight excluding hydrogens is 316 g/mol. The van der Waals surface area contributed by atoms with Crippen LogP contribution in [0.5, 0.6) is 0 Å². The predicted octanol–water partition coefficient (Wildman–Crippen LogP) is 2.31. The normalized spacial score (nSPS) is 11.2. The molecule has 0 saturated heterocycles. The van der Waals surface area contributed by atoms with Gasteiger partial charge in [0.15, 0.2) is 5.96 Å². The van der Waals surface area contributed by atoms with Gasteiger partial charge < -0.3 is 20.7 Å². The molecule has 6 heteroatoms. The van der Waals surface area contributed by atoms with E-state index in [0.29, 0.717) is 12.1 Å². The zero-order valence-corrected chi connectivity index (χ0v) is 15.7. The van der Waals surface area contributed by atoms with Crippen molar-refractivity contribution in [3.8, 4) is 0 Å². The van der Waals surface area contributed by atoms with Crippen molar-refractivity contribution in [2.24, 2.45) is 4.99 Å². The lowest BCUT2D eigenvalue weighted by atomic mass is 10.1. The van der Waals surface area contributed by atoms with Crippen molar-refractivity contribution in [1.29, 1.82) is 0 Å². The lowest BCUT2D eigenvalue weighted by Gasteiger charge is -2.11. The number of aliphatic imine (C=N–C) groups is 1. The van der Waals surface area contributed by atoms with Gasteiger partial charge in [-0.15, -0.1) is 0 Å². The van der Waals surface area contributed by atoms with Crippen LogP contribution in [0.25, 0.3) is 0 Å². The van der Waals surface area contributed by atoms with Gasteiger partial charge in [0.1, 0.15) is 0 Å². The minimum absolute atomic E-state index is 0.0170. The Morgan fingerprint density at radius 2 is 1.76 bits per heavy atom. The topological polar surface area (TPSA) is 74.8 Å². The number of hydrogen-bond donors (Lipinski definition) is 3. The van der Waals surface area contributed by atoms with Gasteiger partial charge in [0.05, 0.1) is 6.54 Å². The summed E-state index contributed by atoms with van der Waals surface area (Å²) in [7, 11) is 1.70. The van der Waals surface area contributed by atoms with E-state index in [0.717, 1.165) is 57.0 Å². The number of methoxy groups -OCH3 is 1. The molecule has 0 radical (unpaired) electrons. The Labute approximate surface area is 151 Å². The summed E-state index contributed by atoms with van der Waals surface area (Å²) in [6.45, 7) is 7.80. The number of carbonyl (C=O) groups excluding carboxylic acids is 1. The molecule has 140 valence electrons. The number of nitrogens with zero attached hydrogens (tertiary/aromatic N) is 1. The van der Waals surface area contributed by atoms with Crippen LogP contribution in [0.3, 0.4) is 0 Å². The molecule has 6 nitrogen and oxygen atoms in total. The first-order valence-electron chi connectivity index (χ1n) is 9.09. The van der Waals surface area contributed by atoms with Crippen molar-refractivity contribution < 1.29 is 9.53 Å². The number of unbranched alkanes of at least 4 members (excludes halogenated alkanes) is 1. The quantitative estimate of drug-likeness (QED) is 0.326. The van der Waals surface area contributed by atoms with Crippen LogP contribution in [0.1, 0.15) is 49.0 Å². The Hall–Kier alpha value is -2.08. The second-order valence-corrected chi connectivity index (χ2v) is 5.77. The summed E-state index contributed by atoms with van der Waals surface area (Å²) < 4.78 is 5.04. The van der Waals surface area contributed by atoms with Crippen molar-refractivity contribution in [2.45, 2.75) is 39.7 Å². The van der Waals surface area contributed by atoms with Crippen molar-refractivity contribution in [1.82, 2.24) is 16.0 Å². The fourth-order valence-electron chi connectivity index (χ4n) is 2.18. The van der Waals surface area contributed by atoms with E-state index in [2.05, 4.69) is 27.9 Å². The lowest BCUT2D eigenvalue weighted by Crippen LogP contribution is -2.38. The Balaban J connectivity index is 2.52. The first kappa shape index (κ1) is 21.0. The summed E-state index contributed by atoms with van der Waals surface area (Å²) in [5.74, 6) is 0.775. The molecule has 0 heterocycles. The highest BCUT2D eigenvalue weighted by atomic mass is 16.5. The van der Waals surface area contributed by atoms with E-state index in [1.807, 2.05) is 31.2 Å². The lowest BCUT2D eigenvalue weighted by molar-refractivity contribution is 0.0953. The molecule has 1 amide bonds. The molecule has 0 saturated carbocycles. The SMILES string of the molecule is CCCCNC(=O)c1ccc(CN=C(NCC)NCCCOC)cc1. The average molecular weight is 348 g/mol. The van der Waals surface area contributed by atoms with Crippen molar-refractivity contribution in [3.63, 3.8) is 0 Å². The van der Waals surface area contributed by atoms with E-state index in [4.69, 9.17) is 4.74 Å². The summed E-state index contributed by atoms with van der Waals surface area (Å²) >= 11 is 0. The van der Waals surface area contributed by atoms with Gasteiger partial charge in [-0.25, -0.2) is 4.99 Å². The van der Waals surface area contributed by atoms with Gasteiger partial charge in [-0.1, -0.05) is 25.5 Å². The van der Waals surface area contributed by atoms with Crippen molar-refractivity contribution in [3.05, 3.63) is 35.4 Å². The first-order valence-corrected chi connectivity index (χ1v) is 9.09. The molecule has 0 unspecified atom stereocenters. The number of nitrogens with one attached hydrogen (secondary N) is 3. The standard InChI is InChI=1S/C19H32N4O2/c1-4-6-12-21-18(24)17-10-8-16(9-11-17)15-23-19(20-5-2)22-13-7-14-25-3/h8-11H,4-7,12-15H2,1-3H3,(H,21,24)(H2,20,22,23). The molecule has 3 N–H and O–H groups in total. The maximum Gasteiger partial charge on any atom is 0.251 e. The van der Waals surface area contributed by atoms with Gasteiger partial charge in [-0.3, -0.25) is 4.79 Å². The minimum Gasteiger partial charge on any atom is -0.385 e. The van der Waals surface area contributed by atoms with E-state index in [1.54, 1.807) is 7.11 Å². The molecule has 0 bridgehead atoms. The van der Waals surface area contributed by atoms with Gasteiger partial charge in [0.2, 0.25) is 0 Å². The molecule has 1 rings (SSSR count). The summed E-state index contributed by atoms with van der Waals surface area (Å²) in [6.07, 6.45) is 3.01. The number of guanidine groups is 1. The molecule has 0 fully saturated rings. The van der Waals surface area contributed by atoms with Crippen molar-refractivity contribution in [2.75, 3.05) is 33.4 Å². The van der Waals surface area contributed by atoms with Gasteiger partial charge in [-0.2, -0.15) is 0 Å². The Morgan fingerprint density at radius 1 is 1.04 bits per heavy atom. The van der Waals surface area contributed by atoms with Crippen LogP contribution in [-0.2, 0) is 11.3 Å². The zero-order chi connectivity index (χ0) is 18.3. The number of ether oxygens (including phenoxy) is 1. The van der Waals surface area contributed by atoms with Crippen LogP contribution in [0.15, 0.2) is 29.3 Å². The summed E-state index contributed by atoms with van der Waals surface area (Å²) in [6, 6.07) is 7.61. The largest absolute Gasteiger partial charge is 0.385 e. The highest BCUT2D eigenvalue weighted by Gasteiger charge is 2.04. The molecule has 0 aliphatic carbocycles. The van der Waals surface area contributed by atoms with Crippen LogP contribution < -0.4 is 16.0 Å². The molecule has 1 aromatic carbocycles. The van der Waals surface area contributed by atoms with E-state index in [9.17, 15) is 4.79 Å². The summed E-state index contributed by atoms with van der Waals surface area (Å²) in [5.41, 5.74) is 1.76. The van der Waals surface area contributed by atoms with E-state index < -0.39 is 0 Å². The monoisotopic (exact) mass is 348 g/mol. The third-order valence-corrected chi connectivity index (χ3v) is 3.61. The van der Waals surface area contributed by atoms with Gasteiger partial charge in [0.25, 0.3) is 5.91 Å². The van der Waals surface area contributed by atoms with Crippen LogP contribution in [0.2, 0.25) is 0 Å². The third-order valence-electron chi connectivity index (χ3n) is 3.61. The van der Waals surface area contributed by atoms with Crippen LogP contribution >= 0.6 is 0 Å². The van der Waals surface area contributed by atoms with E-state index in [1.165, 1.54) is 0 Å².